The molecule has 0 unspecified atom stereocenters. The molecule has 3 aromatic carbocycles. The number of carbonyl (C=O) groups excluding carboxylic acids is 2. The number of benzene rings is 3. The maximum Gasteiger partial charge on any atom is 0.231 e. The van der Waals surface area contributed by atoms with Crippen LogP contribution in [0.2, 0.25) is 5.02 Å². The van der Waals surface area contributed by atoms with E-state index in [9.17, 15) is 9.59 Å². The molecule has 34 heavy (non-hydrogen) atoms. The predicted molar refractivity (Wildman–Crippen MR) is 135 cm³/mol. The molecular formula is C26H23ClN4O2S. The van der Waals surface area contributed by atoms with Crippen LogP contribution in [0.3, 0.4) is 0 Å². The second-order valence-electron chi connectivity index (χ2n) is 7.69. The first kappa shape index (κ1) is 23.7. The molecular weight excluding hydrogens is 468 g/mol. The van der Waals surface area contributed by atoms with E-state index in [-0.39, 0.29) is 17.4 Å². The number of rotatable bonds is 9. The highest BCUT2D eigenvalue weighted by Crippen LogP contribution is 2.28. The Morgan fingerprint density at radius 2 is 1.59 bits per heavy atom. The maximum absolute atomic E-state index is 12.7. The third-order valence-corrected chi connectivity index (χ3v) is 6.37. The molecule has 1 aromatic heterocycles. The Balaban J connectivity index is 1.52. The first-order chi connectivity index (χ1) is 16.5. The van der Waals surface area contributed by atoms with E-state index >= 15 is 0 Å². The molecule has 0 spiro atoms. The van der Waals surface area contributed by atoms with Gasteiger partial charge in [0.2, 0.25) is 5.91 Å². The molecule has 1 atom stereocenters. The summed E-state index contributed by atoms with van der Waals surface area (Å²) >= 11 is 7.34. The van der Waals surface area contributed by atoms with E-state index in [1.54, 1.807) is 12.1 Å². The normalized spacial score (nSPS) is 11.7. The molecule has 0 fully saturated rings. The van der Waals surface area contributed by atoms with Gasteiger partial charge >= 0.3 is 0 Å². The minimum Gasteiger partial charge on any atom is -0.345 e. The van der Waals surface area contributed by atoms with E-state index in [1.807, 2.05) is 77.4 Å². The summed E-state index contributed by atoms with van der Waals surface area (Å²) in [6, 6.07) is 26.1. The zero-order chi connectivity index (χ0) is 23.9. The van der Waals surface area contributed by atoms with Gasteiger partial charge in [-0.3, -0.25) is 14.2 Å². The Bertz CT molecular complexity index is 1260. The largest absolute Gasteiger partial charge is 0.345 e. The standard InChI is InChI=1S/C26H23ClN4O2S/c1-18(32)23(16-19-8-4-2-5-9-19)28-24(33)17-34-26-30-29-25(20-10-6-3-7-11-20)31(26)22-14-12-21(27)13-15-22/h2-15,23H,16-17H2,1H3,(H,28,33)/t23-/m1/s1. The number of hydrogen-bond acceptors (Lipinski definition) is 5. The van der Waals surface area contributed by atoms with Gasteiger partial charge in [0, 0.05) is 16.3 Å². The fourth-order valence-corrected chi connectivity index (χ4v) is 4.36. The van der Waals surface area contributed by atoms with Gasteiger partial charge < -0.3 is 5.32 Å². The van der Waals surface area contributed by atoms with Gasteiger partial charge in [-0.1, -0.05) is 84.0 Å². The zero-order valence-corrected chi connectivity index (χ0v) is 20.1. The summed E-state index contributed by atoms with van der Waals surface area (Å²) < 4.78 is 1.90. The Labute approximate surface area is 207 Å². The van der Waals surface area contributed by atoms with Crippen molar-refractivity contribution in [3.8, 4) is 17.1 Å². The molecule has 4 rings (SSSR count). The van der Waals surface area contributed by atoms with Crippen LogP contribution >= 0.6 is 23.4 Å². The number of thioether (sulfide) groups is 1. The lowest BCUT2D eigenvalue weighted by molar-refractivity contribution is -0.125. The zero-order valence-electron chi connectivity index (χ0n) is 18.5. The SMILES string of the molecule is CC(=O)[C@@H](Cc1ccccc1)NC(=O)CSc1nnc(-c2ccccc2)n1-c1ccc(Cl)cc1. The average Bonchev–Trinajstić information content (AvgIpc) is 3.28. The summed E-state index contributed by atoms with van der Waals surface area (Å²) in [5.74, 6) is 0.432. The second-order valence-corrected chi connectivity index (χ2v) is 9.07. The fraction of sp³-hybridized carbons (Fsp3) is 0.154. The van der Waals surface area contributed by atoms with Crippen molar-refractivity contribution in [3.63, 3.8) is 0 Å². The Morgan fingerprint density at radius 3 is 2.24 bits per heavy atom. The van der Waals surface area contributed by atoms with Crippen LogP contribution in [0.4, 0.5) is 0 Å². The van der Waals surface area contributed by atoms with Crippen LogP contribution in [-0.4, -0.2) is 38.2 Å². The Hall–Kier alpha value is -3.42. The van der Waals surface area contributed by atoms with Gasteiger partial charge in [0.15, 0.2) is 16.8 Å². The van der Waals surface area contributed by atoms with Crippen LogP contribution in [0.15, 0.2) is 90.1 Å². The van der Waals surface area contributed by atoms with Crippen molar-refractivity contribution >= 4 is 35.1 Å². The molecule has 1 heterocycles. The first-order valence-electron chi connectivity index (χ1n) is 10.7. The van der Waals surface area contributed by atoms with Gasteiger partial charge in [0.1, 0.15) is 0 Å². The number of halogens is 1. The molecule has 4 aromatic rings. The highest BCUT2D eigenvalue weighted by molar-refractivity contribution is 7.99. The van der Waals surface area contributed by atoms with Crippen molar-refractivity contribution in [1.82, 2.24) is 20.1 Å². The van der Waals surface area contributed by atoms with Crippen LogP contribution in [0.5, 0.6) is 0 Å². The fourth-order valence-electron chi connectivity index (χ4n) is 3.47. The number of Topliss-reactive ketones (excluding diaryl/α,β-unsaturated/α-hetero) is 1. The summed E-state index contributed by atoms with van der Waals surface area (Å²) in [5.41, 5.74) is 2.73. The summed E-state index contributed by atoms with van der Waals surface area (Å²) in [5, 5.41) is 12.8. The monoisotopic (exact) mass is 490 g/mol. The highest BCUT2D eigenvalue weighted by Gasteiger charge is 2.20. The predicted octanol–water partition coefficient (Wildman–Crippen LogP) is 5.00. The van der Waals surface area contributed by atoms with Crippen molar-refractivity contribution in [2.75, 3.05) is 5.75 Å². The molecule has 0 bridgehead atoms. The number of nitrogens with one attached hydrogen (secondary N) is 1. The van der Waals surface area contributed by atoms with E-state index in [2.05, 4.69) is 15.5 Å². The van der Waals surface area contributed by atoms with Gasteiger partial charge in [0.25, 0.3) is 0 Å². The molecule has 0 aliphatic heterocycles. The van der Waals surface area contributed by atoms with Crippen molar-refractivity contribution in [2.45, 2.75) is 24.5 Å². The lowest BCUT2D eigenvalue weighted by atomic mass is 10.0. The van der Waals surface area contributed by atoms with Gasteiger partial charge in [-0.05, 0) is 43.2 Å². The Kier molecular flexibility index (Phi) is 7.77. The second kappa shape index (κ2) is 11.1. The molecule has 8 heteroatoms. The molecule has 0 radical (unpaired) electrons. The summed E-state index contributed by atoms with van der Waals surface area (Å²) in [6.07, 6.45) is 0.450. The minimum atomic E-state index is -0.579. The van der Waals surface area contributed by atoms with Crippen molar-refractivity contribution in [3.05, 3.63) is 95.5 Å². The highest BCUT2D eigenvalue weighted by atomic mass is 35.5. The van der Waals surface area contributed by atoms with E-state index in [0.717, 1.165) is 16.8 Å². The van der Waals surface area contributed by atoms with Crippen molar-refractivity contribution in [2.24, 2.45) is 0 Å². The molecule has 0 aliphatic carbocycles. The quantitative estimate of drug-likeness (QED) is 0.334. The summed E-state index contributed by atoms with van der Waals surface area (Å²) in [4.78, 5) is 24.9. The molecule has 172 valence electrons. The topological polar surface area (TPSA) is 76.9 Å². The van der Waals surface area contributed by atoms with Crippen molar-refractivity contribution in [1.29, 1.82) is 0 Å². The number of ketones is 1. The lowest BCUT2D eigenvalue weighted by Gasteiger charge is -2.16. The maximum atomic E-state index is 12.7. The molecule has 1 amide bonds. The van der Waals surface area contributed by atoms with Gasteiger partial charge in [-0.2, -0.15) is 0 Å². The van der Waals surface area contributed by atoms with E-state index < -0.39 is 6.04 Å². The number of hydrogen-bond donors (Lipinski definition) is 1. The first-order valence-corrected chi connectivity index (χ1v) is 12.1. The molecule has 1 N–H and O–H groups in total. The lowest BCUT2D eigenvalue weighted by Crippen LogP contribution is -2.42. The number of carbonyl (C=O) groups is 2. The molecule has 6 nitrogen and oxygen atoms in total. The van der Waals surface area contributed by atoms with E-state index in [4.69, 9.17) is 11.6 Å². The third kappa shape index (κ3) is 5.92. The van der Waals surface area contributed by atoms with Crippen LogP contribution < -0.4 is 5.32 Å². The molecule has 0 saturated heterocycles. The summed E-state index contributed by atoms with van der Waals surface area (Å²) in [6.45, 7) is 1.49. The van der Waals surface area contributed by atoms with E-state index in [0.29, 0.717) is 22.4 Å². The minimum absolute atomic E-state index is 0.0853. The Morgan fingerprint density at radius 1 is 0.941 bits per heavy atom. The number of nitrogens with zero attached hydrogens (tertiary/aromatic N) is 3. The smallest absolute Gasteiger partial charge is 0.231 e. The third-order valence-electron chi connectivity index (χ3n) is 5.19. The number of aromatic nitrogens is 3. The molecule has 0 saturated carbocycles. The van der Waals surface area contributed by atoms with Crippen LogP contribution in [0.1, 0.15) is 12.5 Å². The molecule has 0 aliphatic rings. The summed E-state index contributed by atoms with van der Waals surface area (Å²) in [7, 11) is 0. The van der Waals surface area contributed by atoms with Gasteiger partial charge in [-0.25, -0.2) is 0 Å². The number of amides is 1. The van der Waals surface area contributed by atoms with Crippen molar-refractivity contribution < 1.29 is 9.59 Å². The van der Waals surface area contributed by atoms with E-state index in [1.165, 1.54) is 18.7 Å². The van der Waals surface area contributed by atoms with Gasteiger partial charge in [0.05, 0.1) is 11.8 Å². The van der Waals surface area contributed by atoms with Crippen LogP contribution in [0.25, 0.3) is 17.1 Å². The van der Waals surface area contributed by atoms with Gasteiger partial charge in [-0.15, -0.1) is 10.2 Å². The van der Waals surface area contributed by atoms with Crippen LogP contribution in [0, 0.1) is 0 Å². The average molecular weight is 491 g/mol. The van der Waals surface area contributed by atoms with Crippen LogP contribution in [-0.2, 0) is 16.0 Å².